The van der Waals surface area contributed by atoms with Crippen LogP contribution < -0.4 is 0 Å². The fourth-order valence-corrected chi connectivity index (χ4v) is 1.96. The van der Waals surface area contributed by atoms with Crippen LogP contribution in [-0.2, 0) is 17.9 Å². The largest absolute Gasteiger partial charge is 0.360 e. The summed E-state index contributed by atoms with van der Waals surface area (Å²) in [5.41, 5.74) is 2.68. The Labute approximate surface area is 76.7 Å². The number of hydrogen-bond donors (Lipinski definition) is 0. The van der Waals surface area contributed by atoms with E-state index in [1.54, 1.807) is 0 Å². The molecule has 1 aliphatic rings. The van der Waals surface area contributed by atoms with Gasteiger partial charge in [0.2, 0.25) is 0 Å². The first-order chi connectivity index (χ1) is 6.45. The highest BCUT2D eigenvalue weighted by atomic mass is 16.5. The zero-order chi connectivity index (χ0) is 8.67. The van der Waals surface area contributed by atoms with Gasteiger partial charge in [-0.3, -0.25) is 0 Å². The van der Waals surface area contributed by atoms with Crippen LogP contribution in [-0.4, -0.2) is 11.2 Å². The van der Waals surface area contributed by atoms with Crippen molar-refractivity contribution in [1.82, 2.24) is 4.57 Å². The molecule has 2 heteroatoms. The first-order valence-electron chi connectivity index (χ1n) is 4.60. The molecule has 0 aliphatic carbocycles. The van der Waals surface area contributed by atoms with Gasteiger partial charge < -0.3 is 9.30 Å². The quantitative estimate of drug-likeness (QED) is 0.595. The summed E-state index contributed by atoms with van der Waals surface area (Å²) < 4.78 is 7.67. The van der Waals surface area contributed by atoms with E-state index in [-0.39, 0.29) is 0 Å². The van der Waals surface area contributed by atoms with Crippen molar-refractivity contribution in [3.63, 3.8) is 0 Å². The highest BCUT2D eigenvalue weighted by Crippen LogP contribution is 2.22. The van der Waals surface area contributed by atoms with Crippen molar-refractivity contribution in [2.45, 2.75) is 13.2 Å². The minimum absolute atomic E-state index is 0.711. The molecule has 66 valence electrons. The van der Waals surface area contributed by atoms with E-state index in [4.69, 9.17) is 4.74 Å². The number of rotatable bonds is 0. The first-order valence-corrected chi connectivity index (χ1v) is 4.60. The molecule has 3 rings (SSSR count). The van der Waals surface area contributed by atoms with Crippen LogP contribution in [0.2, 0.25) is 0 Å². The average Bonchev–Trinajstić information content (AvgIpc) is 2.56. The molecule has 13 heavy (non-hydrogen) atoms. The second kappa shape index (κ2) is 2.60. The summed E-state index contributed by atoms with van der Waals surface area (Å²) in [4.78, 5) is 0. The number of ether oxygens (including phenoxy) is 1. The zero-order valence-electron chi connectivity index (χ0n) is 7.36. The average molecular weight is 173 g/mol. The molecule has 0 unspecified atom stereocenters. The Morgan fingerprint density at radius 3 is 3.15 bits per heavy atom. The summed E-state index contributed by atoms with van der Waals surface area (Å²) in [7, 11) is 0. The summed E-state index contributed by atoms with van der Waals surface area (Å²) in [6.45, 7) is 1.57. The highest BCUT2D eigenvalue weighted by molar-refractivity contribution is 5.81. The van der Waals surface area contributed by atoms with E-state index in [0.29, 0.717) is 6.73 Å². The minimum Gasteiger partial charge on any atom is -0.360 e. The molecule has 1 aromatic carbocycles. The molecule has 0 fully saturated rings. The van der Waals surface area contributed by atoms with Gasteiger partial charge >= 0.3 is 0 Å². The van der Waals surface area contributed by atoms with E-state index in [1.807, 2.05) is 0 Å². The molecule has 0 radical (unpaired) electrons. The van der Waals surface area contributed by atoms with Gasteiger partial charge in [-0.25, -0.2) is 0 Å². The molecular weight excluding hydrogens is 162 g/mol. The fourth-order valence-electron chi connectivity index (χ4n) is 1.96. The van der Waals surface area contributed by atoms with Gasteiger partial charge in [0.15, 0.2) is 0 Å². The van der Waals surface area contributed by atoms with E-state index < -0.39 is 0 Å². The summed E-state index contributed by atoms with van der Waals surface area (Å²) in [5.74, 6) is 0. The van der Waals surface area contributed by atoms with E-state index in [0.717, 1.165) is 13.0 Å². The lowest BCUT2D eigenvalue weighted by molar-refractivity contribution is 0.0604. The number of hydrogen-bond acceptors (Lipinski definition) is 1. The molecule has 1 aliphatic heterocycles. The van der Waals surface area contributed by atoms with Gasteiger partial charge in [-0.05, 0) is 17.5 Å². The van der Waals surface area contributed by atoms with E-state index in [9.17, 15) is 0 Å². The normalized spacial score (nSPS) is 16.0. The fraction of sp³-hybridized carbons (Fsp3) is 0.273. The summed E-state index contributed by atoms with van der Waals surface area (Å²) >= 11 is 0. The molecule has 0 atom stereocenters. The van der Waals surface area contributed by atoms with Gasteiger partial charge in [0.25, 0.3) is 0 Å². The van der Waals surface area contributed by atoms with Crippen LogP contribution in [0, 0.1) is 0 Å². The Hall–Kier alpha value is -1.28. The SMILES string of the molecule is c1ccc2c(c1)cc1n2COCC1. The molecule has 0 spiro atoms. The molecule has 0 saturated carbocycles. The van der Waals surface area contributed by atoms with Crippen molar-refractivity contribution >= 4 is 10.9 Å². The molecule has 0 bridgehead atoms. The predicted octanol–water partition coefficient (Wildman–Crippen LogP) is 2.17. The van der Waals surface area contributed by atoms with Crippen LogP contribution >= 0.6 is 0 Å². The highest BCUT2D eigenvalue weighted by Gasteiger charge is 2.11. The van der Waals surface area contributed by atoms with Gasteiger partial charge in [0, 0.05) is 12.1 Å². The Morgan fingerprint density at radius 2 is 2.15 bits per heavy atom. The summed E-state index contributed by atoms with van der Waals surface area (Å²) in [5, 5.41) is 1.32. The summed E-state index contributed by atoms with van der Waals surface area (Å²) in [6.07, 6.45) is 1.04. The second-order valence-electron chi connectivity index (χ2n) is 3.41. The van der Waals surface area contributed by atoms with Crippen LogP contribution in [0.4, 0.5) is 0 Å². The predicted molar refractivity (Wildman–Crippen MR) is 51.6 cm³/mol. The zero-order valence-corrected chi connectivity index (χ0v) is 7.36. The van der Waals surface area contributed by atoms with Gasteiger partial charge in [0.05, 0.1) is 12.1 Å². The van der Waals surface area contributed by atoms with Gasteiger partial charge in [0.1, 0.15) is 6.73 Å². The number of para-hydroxylation sites is 1. The maximum Gasteiger partial charge on any atom is 0.123 e. The lowest BCUT2D eigenvalue weighted by Gasteiger charge is -2.16. The van der Waals surface area contributed by atoms with Crippen LogP contribution in [0.15, 0.2) is 30.3 Å². The minimum atomic E-state index is 0.711. The number of benzene rings is 1. The van der Waals surface area contributed by atoms with Crippen molar-refractivity contribution in [3.05, 3.63) is 36.0 Å². The lowest BCUT2D eigenvalue weighted by atomic mass is 10.2. The molecule has 2 nitrogen and oxygen atoms in total. The van der Waals surface area contributed by atoms with Crippen molar-refractivity contribution in [2.75, 3.05) is 6.61 Å². The van der Waals surface area contributed by atoms with Crippen molar-refractivity contribution in [1.29, 1.82) is 0 Å². The van der Waals surface area contributed by atoms with Crippen molar-refractivity contribution in [2.24, 2.45) is 0 Å². The van der Waals surface area contributed by atoms with Gasteiger partial charge in [-0.2, -0.15) is 0 Å². The van der Waals surface area contributed by atoms with E-state index in [2.05, 4.69) is 34.9 Å². The van der Waals surface area contributed by atoms with Gasteiger partial charge in [-0.1, -0.05) is 18.2 Å². The standard InChI is InChI=1S/C11H11NO/c1-2-4-11-9(3-1)7-10-5-6-13-8-12(10)11/h1-4,7H,5-6,8H2. The van der Waals surface area contributed by atoms with E-state index >= 15 is 0 Å². The smallest absolute Gasteiger partial charge is 0.123 e. The Kier molecular flexibility index (Phi) is 1.43. The lowest BCUT2D eigenvalue weighted by Crippen LogP contribution is -2.15. The Bertz CT molecular complexity index is 444. The number of fused-ring (bicyclic) bond motifs is 3. The monoisotopic (exact) mass is 173 g/mol. The molecule has 2 heterocycles. The topological polar surface area (TPSA) is 14.2 Å². The maximum absolute atomic E-state index is 5.43. The van der Waals surface area contributed by atoms with E-state index in [1.165, 1.54) is 16.6 Å². The number of aromatic nitrogens is 1. The van der Waals surface area contributed by atoms with Crippen molar-refractivity contribution in [3.8, 4) is 0 Å². The molecule has 2 aromatic rings. The Balaban J connectivity index is 2.34. The molecular formula is C11H11NO. The molecule has 0 saturated heterocycles. The van der Waals surface area contributed by atoms with Crippen LogP contribution in [0.5, 0.6) is 0 Å². The Morgan fingerprint density at radius 1 is 1.23 bits per heavy atom. The molecule has 0 amide bonds. The van der Waals surface area contributed by atoms with Crippen molar-refractivity contribution < 1.29 is 4.74 Å². The van der Waals surface area contributed by atoms with Crippen LogP contribution in [0.3, 0.4) is 0 Å². The third-order valence-corrected chi connectivity index (χ3v) is 2.62. The maximum atomic E-state index is 5.43. The third-order valence-electron chi connectivity index (χ3n) is 2.62. The first kappa shape index (κ1) is 7.15. The molecule has 1 aromatic heterocycles. The number of nitrogens with zero attached hydrogens (tertiary/aromatic N) is 1. The van der Waals surface area contributed by atoms with Crippen LogP contribution in [0.25, 0.3) is 10.9 Å². The second-order valence-corrected chi connectivity index (χ2v) is 3.41. The van der Waals surface area contributed by atoms with Crippen LogP contribution in [0.1, 0.15) is 5.69 Å². The molecule has 0 N–H and O–H groups in total. The summed E-state index contributed by atoms with van der Waals surface area (Å²) in [6, 6.07) is 10.7. The third kappa shape index (κ3) is 0.988. The van der Waals surface area contributed by atoms with Gasteiger partial charge in [-0.15, -0.1) is 0 Å².